The van der Waals surface area contributed by atoms with Crippen molar-refractivity contribution in [1.82, 2.24) is 10.3 Å². The smallest absolute Gasteiger partial charge is 0.299 e. The van der Waals surface area contributed by atoms with Crippen LogP contribution in [0.4, 0.5) is 5.69 Å². The van der Waals surface area contributed by atoms with Gasteiger partial charge >= 0.3 is 0 Å². The van der Waals surface area contributed by atoms with Gasteiger partial charge in [0.15, 0.2) is 5.72 Å². The zero-order valence-electron chi connectivity index (χ0n) is 14.2. The van der Waals surface area contributed by atoms with Crippen LogP contribution < -0.4 is 10.2 Å². The first-order valence-corrected chi connectivity index (χ1v) is 9.71. The Labute approximate surface area is 152 Å². The first-order valence-electron chi connectivity index (χ1n) is 8.30. The molecule has 8 heteroatoms. The maximum atomic E-state index is 12.8. The summed E-state index contributed by atoms with van der Waals surface area (Å²) in [5.74, 6) is 0. The lowest BCUT2D eigenvalue weighted by atomic mass is 10.2. The van der Waals surface area contributed by atoms with Crippen LogP contribution in [0.15, 0.2) is 47.6 Å². The molecule has 1 aromatic heterocycles. The van der Waals surface area contributed by atoms with E-state index in [-0.39, 0.29) is 10.9 Å². The van der Waals surface area contributed by atoms with Crippen LogP contribution in [0.25, 0.3) is 0 Å². The minimum absolute atomic E-state index is 0.133. The second kappa shape index (κ2) is 6.06. The van der Waals surface area contributed by atoms with E-state index in [4.69, 9.17) is 9.44 Å². The minimum atomic E-state index is -3.93. The van der Waals surface area contributed by atoms with Crippen LogP contribution in [-0.2, 0) is 14.3 Å². The van der Waals surface area contributed by atoms with Gasteiger partial charge in [0.05, 0.1) is 22.3 Å². The summed E-state index contributed by atoms with van der Waals surface area (Å²) in [5, 5.41) is 12.4. The molecule has 0 spiro atoms. The van der Waals surface area contributed by atoms with Crippen molar-refractivity contribution in [1.29, 1.82) is 5.26 Å². The van der Waals surface area contributed by atoms with Gasteiger partial charge in [-0.05, 0) is 25.1 Å². The molecule has 2 saturated heterocycles. The number of anilines is 1. The maximum absolute atomic E-state index is 12.8. The second-order valence-corrected chi connectivity index (χ2v) is 8.28. The van der Waals surface area contributed by atoms with Gasteiger partial charge < -0.3 is 10.2 Å². The van der Waals surface area contributed by atoms with Gasteiger partial charge in [0, 0.05) is 31.7 Å². The van der Waals surface area contributed by atoms with Crippen molar-refractivity contribution in [2.45, 2.75) is 30.0 Å². The summed E-state index contributed by atoms with van der Waals surface area (Å²) in [6.45, 7) is 2.88. The summed E-state index contributed by atoms with van der Waals surface area (Å²) in [5.41, 5.74) is 1.08. The summed E-state index contributed by atoms with van der Waals surface area (Å²) in [4.78, 5) is 6.12. The number of aryl methyl sites for hydroxylation is 1. The van der Waals surface area contributed by atoms with Crippen LogP contribution in [0.2, 0.25) is 0 Å². The van der Waals surface area contributed by atoms with Crippen molar-refractivity contribution in [3.63, 3.8) is 0 Å². The molecule has 1 N–H and O–H groups in total. The summed E-state index contributed by atoms with van der Waals surface area (Å²) in [6.07, 6.45) is 3.66. The first kappa shape index (κ1) is 17.0. The number of hydrogen-bond acceptors (Lipinski definition) is 7. The van der Waals surface area contributed by atoms with Crippen LogP contribution in [0.1, 0.15) is 17.5 Å². The largest absolute Gasteiger partial charge is 0.339 e. The molecule has 0 saturated carbocycles. The lowest BCUT2D eigenvalue weighted by Gasteiger charge is -2.39. The van der Waals surface area contributed by atoms with E-state index < -0.39 is 15.8 Å². The molecule has 2 bridgehead atoms. The Morgan fingerprint density at radius 2 is 2.12 bits per heavy atom. The van der Waals surface area contributed by atoms with Crippen molar-refractivity contribution in [3.05, 3.63) is 53.9 Å². The van der Waals surface area contributed by atoms with Crippen molar-refractivity contribution in [2.24, 2.45) is 0 Å². The molecule has 3 heterocycles. The van der Waals surface area contributed by atoms with E-state index in [1.54, 1.807) is 36.5 Å². The summed E-state index contributed by atoms with van der Waals surface area (Å²) in [6, 6.07) is 10.5. The number of benzene rings is 1. The third kappa shape index (κ3) is 2.84. The van der Waals surface area contributed by atoms with E-state index in [0.29, 0.717) is 30.8 Å². The monoisotopic (exact) mass is 370 g/mol. The first-order chi connectivity index (χ1) is 12.4. The van der Waals surface area contributed by atoms with Gasteiger partial charge in [0.25, 0.3) is 10.1 Å². The Morgan fingerprint density at radius 3 is 2.81 bits per heavy atom. The van der Waals surface area contributed by atoms with Crippen molar-refractivity contribution < 1.29 is 12.6 Å². The predicted molar refractivity (Wildman–Crippen MR) is 94.9 cm³/mol. The molecule has 0 unspecified atom stereocenters. The number of pyridine rings is 1. The lowest BCUT2D eigenvalue weighted by molar-refractivity contribution is 0.105. The Kier molecular flexibility index (Phi) is 3.95. The molecule has 2 aliphatic heterocycles. The fraction of sp³-hybridized carbons (Fsp3) is 0.333. The van der Waals surface area contributed by atoms with Gasteiger partial charge in [0.2, 0.25) is 0 Å². The van der Waals surface area contributed by atoms with Crippen LogP contribution in [-0.4, -0.2) is 38.3 Å². The summed E-state index contributed by atoms with van der Waals surface area (Å²) in [7, 11) is -3.93. The maximum Gasteiger partial charge on any atom is 0.299 e. The quantitative estimate of drug-likeness (QED) is 0.816. The van der Waals surface area contributed by atoms with E-state index in [1.807, 2.05) is 11.8 Å². The van der Waals surface area contributed by atoms with Gasteiger partial charge in [-0.2, -0.15) is 13.7 Å². The average molecular weight is 370 g/mol. The number of fused-ring (bicyclic) bond motifs is 2. The molecule has 134 valence electrons. The number of piperazine rings is 1. The molecule has 2 atom stereocenters. The molecule has 4 rings (SSSR count). The highest BCUT2D eigenvalue weighted by atomic mass is 32.2. The van der Waals surface area contributed by atoms with Gasteiger partial charge in [-0.1, -0.05) is 17.7 Å². The number of hydrogen-bond donors (Lipinski definition) is 1. The molecular formula is C18H18N4O3S. The van der Waals surface area contributed by atoms with Gasteiger partial charge in [-0.3, -0.25) is 4.98 Å². The fourth-order valence-corrected chi connectivity index (χ4v) is 4.79. The lowest BCUT2D eigenvalue weighted by Crippen LogP contribution is -2.55. The number of nitrogens with zero attached hydrogens (tertiary/aromatic N) is 3. The molecular weight excluding hydrogens is 352 g/mol. The van der Waals surface area contributed by atoms with E-state index in [9.17, 15) is 8.42 Å². The van der Waals surface area contributed by atoms with Gasteiger partial charge in [-0.15, -0.1) is 0 Å². The third-order valence-corrected chi connectivity index (χ3v) is 6.25. The molecule has 26 heavy (non-hydrogen) atoms. The van der Waals surface area contributed by atoms with Gasteiger partial charge in [-0.25, -0.2) is 4.18 Å². The van der Waals surface area contributed by atoms with Crippen LogP contribution in [0.3, 0.4) is 0 Å². The third-order valence-electron chi connectivity index (χ3n) is 4.87. The molecule has 0 radical (unpaired) electrons. The summed E-state index contributed by atoms with van der Waals surface area (Å²) < 4.78 is 31.4. The molecule has 7 nitrogen and oxygen atoms in total. The van der Waals surface area contributed by atoms with Crippen molar-refractivity contribution in [3.8, 4) is 6.07 Å². The van der Waals surface area contributed by atoms with Crippen molar-refractivity contribution in [2.75, 3.05) is 18.0 Å². The number of rotatable bonds is 4. The van der Waals surface area contributed by atoms with Crippen molar-refractivity contribution >= 4 is 15.8 Å². The second-order valence-electron chi connectivity index (χ2n) is 6.73. The van der Waals surface area contributed by atoms with Gasteiger partial charge in [0.1, 0.15) is 6.07 Å². The van der Waals surface area contributed by atoms with Crippen LogP contribution in [0.5, 0.6) is 0 Å². The zero-order chi connectivity index (χ0) is 18.4. The molecule has 0 amide bonds. The standard InChI is InChI=1S/C18H18N4O3S/c1-13-2-4-17(5-3-13)26(23,24)25-18-7-15(21-12-18)11-22(18)16-6-14(8-19)9-20-10-16/h2-6,9-10,15,21H,7,11-12H2,1H3/t15-,18-/m1/s1. The Bertz CT molecular complexity index is 984. The van der Waals surface area contributed by atoms with E-state index in [0.717, 1.165) is 5.56 Å². The molecule has 0 aliphatic carbocycles. The SMILES string of the molecule is Cc1ccc(S(=O)(=O)O[C@]23CN[C@@H](CN2c2cncc(C#N)c2)C3)cc1. The minimum Gasteiger partial charge on any atom is -0.339 e. The highest BCUT2D eigenvalue weighted by Gasteiger charge is 2.54. The summed E-state index contributed by atoms with van der Waals surface area (Å²) >= 11 is 0. The highest BCUT2D eigenvalue weighted by molar-refractivity contribution is 7.86. The van der Waals surface area contributed by atoms with E-state index in [2.05, 4.69) is 16.4 Å². The molecule has 2 fully saturated rings. The number of nitriles is 1. The Morgan fingerprint density at radius 1 is 1.35 bits per heavy atom. The average Bonchev–Trinajstić information content (AvgIpc) is 3.19. The topological polar surface area (TPSA) is 95.3 Å². The van der Waals surface area contributed by atoms with Crippen LogP contribution in [0, 0.1) is 18.3 Å². The molecule has 2 aromatic rings. The Balaban J connectivity index is 1.69. The fourth-order valence-electron chi connectivity index (χ4n) is 3.60. The van der Waals surface area contributed by atoms with E-state index >= 15 is 0 Å². The zero-order valence-corrected chi connectivity index (χ0v) is 15.0. The molecule has 1 aromatic carbocycles. The molecule has 2 aliphatic rings. The number of nitrogens with one attached hydrogen (secondary N) is 1. The normalized spacial score (nSPS) is 24.6. The van der Waals surface area contributed by atoms with Crippen LogP contribution >= 0.6 is 0 Å². The Hall–Kier alpha value is -2.47. The number of aromatic nitrogens is 1. The van der Waals surface area contributed by atoms with E-state index in [1.165, 1.54) is 6.20 Å². The highest BCUT2D eigenvalue weighted by Crippen LogP contribution is 2.41. The predicted octanol–water partition coefficient (Wildman–Crippen LogP) is 1.55.